The van der Waals surface area contributed by atoms with Crippen molar-refractivity contribution in [2.75, 3.05) is 0 Å². The van der Waals surface area contributed by atoms with E-state index in [-0.39, 0.29) is 11.3 Å². The smallest absolute Gasteiger partial charge is 0.278 e. The Balaban J connectivity index is 3.28. The number of rotatable bonds is 4. The quantitative estimate of drug-likeness (QED) is 0.485. The minimum atomic E-state index is -2.96. The molecule has 0 saturated heterocycles. The zero-order chi connectivity index (χ0) is 13.2. The molecule has 1 atom stereocenters. The summed E-state index contributed by atoms with van der Waals surface area (Å²) in [5, 5.41) is 10.5. The molecule has 0 spiro atoms. The van der Waals surface area contributed by atoms with Crippen LogP contribution in [0, 0.1) is 10.1 Å². The minimum absolute atomic E-state index is 0.265. The van der Waals surface area contributed by atoms with Crippen molar-refractivity contribution in [2.45, 2.75) is 18.2 Å². The summed E-state index contributed by atoms with van der Waals surface area (Å²) in [4.78, 5) is 20.0. The van der Waals surface area contributed by atoms with Crippen LogP contribution >= 0.6 is 15.9 Å². The van der Waals surface area contributed by atoms with Crippen molar-refractivity contribution in [1.82, 2.24) is 0 Å². The highest BCUT2D eigenvalue weighted by atomic mass is 79.9. The van der Waals surface area contributed by atoms with Crippen LogP contribution in [0.4, 0.5) is 14.5 Å². The van der Waals surface area contributed by atoms with Gasteiger partial charge in [-0.2, -0.15) is 0 Å². The van der Waals surface area contributed by atoms with Crippen LogP contribution in [0.3, 0.4) is 0 Å². The maximum atomic E-state index is 12.6. The van der Waals surface area contributed by atoms with Gasteiger partial charge in [-0.15, -0.1) is 0 Å². The molecule has 4 nitrogen and oxygen atoms in total. The average molecular weight is 308 g/mol. The van der Waals surface area contributed by atoms with Crippen molar-refractivity contribution < 1.29 is 18.5 Å². The Morgan fingerprint density at radius 2 is 2.06 bits per heavy atom. The largest absolute Gasteiger partial charge is 0.298 e. The third-order valence-electron chi connectivity index (χ3n) is 2.13. The fourth-order valence-electron chi connectivity index (χ4n) is 1.31. The van der Waals surface area contributed by atoms with Gasteiger partial charge in [0.2, 0.25) is 0 Å². The number of carbonyl (C=O) groups excluding carboxylic acids is 1. The summed E-state index contributed by atoms with van der Waals surface area (Å²) in [5.41, 5.74) is -1.05. The van der Waals surface area contributed by atoms with Gasteiger partial charge in [0.25, 0.3) is 12.1 Å². The zero-order valence-electron chi connectivity index (χ0n) is 8.69. The molecule has 1 aromatic rings. The highest BCUT2D eigenvalue weighted by Crippen LogP contribution is 2.33. The molecule has 0 saturated carbocycles. The van der Waals surface area contributed by atoms with E-state index in [2.05, 4.69) is 15.9 Å². The first-order valence-electron chi connectivity index (χ1n) is 4.55. The van der Waals surface area contributed by atoms with Crippen LogP contribution in [0.1, 0.15) is 29.3 Å². The van der Waals surface area contributed by atoms with Gasteiger partial charge in [-0.05, 0) is 18.6 Å². The zero-order valence-corrected chi connectivity index (χ0v) is 10.3. The fourth-order valence-corrected chi connectivity index (χ4v) is 1.59. The lowest BCUT2D eigenvalue weighted by Gasteiger charge is -2.08. The highest BCUT2D eigenvalue weighted by Gasteiger charge is 2.24. The Morgan fingerprint density at radius 3 is 2.47 bits per heavy atom. The second-order valence-corrected chi connectivity index (χ2v) is 4.26. The molecule has 92 valence electrons. The molecule has 0 heterocycles. The van der Waals surface area contributed by atoms with Gasteiger partial charge in [-0.3, -0.25) is 14.9 Å². The van der Waals surface area contributed by atoms with E-state index in [9.17, 15) is 23.7 Å². The second-order valence-electron chi connectivity index (χ2n) is 3.35. The van der Waals surface area contributed by atoms with Gasteiger partial charge in [-0.1, -0.05) is 22.0 Å². The Bertz CT molecular complexity index is 465. The van der Waals surface area contributed by atoms with Crippen molar-refractivity contribution in [2.24, 2.45) is 0 Å². The third-order valence-corrected chi connectivity index (χ3v) is 3.31. The predicted octanol–water partition coefficient (Wildman–Crippen LogP) is 3.56. The summed E-state index contributed by atoms with van der Waals surface area (Å²) in [6.07, 6.45) is -2.96. The molecule has 0 N–H and O–H groups in total. The van der Waals surface area contributed by atoms with Gasteiger partial charge in [0, 0.05) is 6.07 Å². The van der Waals surface area contributed by atoms with Crippen molar-refractivity contribution in [3.05, 3.63) is 39.4 Å². The van der Waals surface area contributed by atoms with Gasteiger partial charge >= 0.3 is 0 Å². The number of benzene rings is 1. The predicted molar refractivity (Wildman–Crippen MR) is 60.4 cm³/mol. The molecule has 0 aliphatic heterocycles. The van der Waals surface area contributed by atoms with Crippen LogP contribution in [-0.2, 0) is 4.79 Å². The topological polar surface area (TPSA) is 60.2 Å². The van der Waals surface area contributed by atoms with E-state index in [4.69, 9.17) is 0 Å². The number of alkyl halides is 3. The molecule has 0 fully saturated rings. The molecule has 7 heteroatoms. The first-order valence-corrected chi connectivity index (χ1v) is 5.47. The molecular weight excluding hydrogens is 300 g/mol. The molecule has 0 bridgehead atoms. The van der Waals surface area contributed by atoms with Crippen LogP contribution in [0.15, 0.2) is 18.2 Å². The molecule has 0 radical (unpaired) electrons. The van der Waals surface area contributed by atoms with Gasteiger partial charge in [0.05, 0.1) is 15.3 Å². The summed E-state index contributed by atoms with van der Waals surface area (Å²) >= 11 is 3.03. The van der Waals surface area contributed by atoms with Crippen molar-refractivity contribution in [3.63, 3.8) is 0 Å². The molecule has 17 heavy (non-hydrogen) atoms. The van der Waals surface area contributed by atoms with Gasteiger partial charge in [0.15, 0.2) is 0 Å². The maximum Gasteiger partial charge on any atom is 0.278 e. The van der Waals surface area contributed by atoms with E-state index in [1.54, 1.807) is 0 Å². The summed E-state index contributed by atoms with van der Waals surface area (Å²) in [6.45, 7) is 1.29. The van der Waals surface area contributed by atoms with E-state index >= 15 is 0 Å². The van der Waals surface area contributed by atoms with Gasteiger partial charge in [0.1, 0.15) is 5.78 Å². The van der Waals surface area contributed by atoms with Crippen LogP contribution in [0.5, 0.6) is 0 Å². The van der Waals surface area contributed by atoms with E-state index < -0.39 is 27.4 Å². The van der Waals surface area contributed by atoms with E-state index in [0.717, 1.165) is 12.1 Å². The molecular formula is C10H8BrF2NO3. The summed E-state index contributed by atoms with van der Waals surface area (Å²) in [7, 11) is 0. The van der Waals surface area contributed by atoms with Crippen molar-refractivity contribution >= 4 is 27.4 Å². The van der Waals surface area contributed by atoms with Crippen LogP contribution in [-0.4, -0.2) is 10.7 Å². The minimum Gasteiger partial charge on any atom is -0.298 e. The fraction of sp³-hybridized carbons (Fsp3) is 0.300. The van der Waals surface area contributed by atoms with Crippen LogP contribution in [0.25, 0.3) is 0 Å². The van der Waals surface area contributed by atoms with Gasteiger partial charge < -0.3 is 0 Å². The lowest BCUT2D eigenvalue weighted by molar-refractivity contribution is -0.386. The van der Waals surface area contributed by atoms with E-state index in [0.29, 0.717) is 0 Å². The number of hydrogen-bond acceptors (Lipinski definition) is 3. The number of hydrogen-bond donors (Lipinski definition) is 0. The lowest BCUT2D eigenvalue weighted by Crippen LogP contribution is -2.03. The van der Waals surface area contributed by atoms with E-state index in [1.807, 2.05) is 0 Å². The second kappa shape index (κ2) is 5.31. The molecule has 0 aliphatic carbocycles. The molecule has 0 aliphatic rings. The highest BCUT2D eigenvalue weighted by molar-refractivity contribution is 9.09. The normalized spacial score (nSPS) is 12.5. The van der Waals surface area contributed by atoms with Crippen molar-refractivity contribution in [1.29, 1.82) is 0 Å². The number of carbonyl (C=O) groups is 1. The standard InChI is InChI=1S/C10H8BrF2NO3/c1-5(15)9(11)6-2-3-8(14(16)17)7(4-6)10(12)13/h2-4,9-10H,1H3. The summed E-state index contributed by atoms with van der Waals surface area (Å²) < 4.78 is 25.3. The average Bonchev–Trinajstić information content (AvgIpc) is 2.26. The SMILES string of the molecule is CC(=O)C(Br)c1ccc([N+](=O)[O-])c(C(F)F)c1. The van der Waals surface area contributed by atoms with Crippen LogP contribution in [0.2, 0.25) is 0 Å². The Labute approximate surface area is 104 Å². The van der Waals surface area contributed by atoms with Crippen LogP contribution < -0.4 is 0 Å². The third kappa shape index (κ3) is 3.06. The number of Topliss-reactive ketones (excluding diaryl/α,β-unsaturated/α-hetero) is 1. The Morgan fingerprint density at radius 1 is 1.47 bits per heavy atom. The molecule has 1 aromatic carbocycles. The molecule has 1 rings (SSSR count). The maximum absolute atomic E-state index is 12.6. The summed E-state index contributed by atoms with van der Waals surface area (Å²) in [6, 6.07) is 3.24. The first-order chi connectivity index (χ1) is 7.84. The first kappa shape index (κ1) is 13.7. The van der Waals surface area contributed by atoms with E-state index in [1.165, 1.54) is 13.0 Å². The molecule has 0 amide bonds. The lowest BCUT2D eigenvalue weighted by atomic mass is 10.0. The number of ketones is 1. The Kier molecular flexibility index (Phi) is 4.28. The molecule has 0 aromatic heterocycles. The van der Waals surface area contributed by atoms with Gasteiger partial charge in [-0.25, -0.2) is 8.78 Å². The summed E-state index contributed by atoms with van der Waals surface area (Å²) in [5.74, 6) is -0.265. The molecule has 1 unspecified atom stereocenters. The number of nitrogens with zero attached hydrogens (tertiary/aromatic N) is 1. The number of nitro benzene ring substituents is 1. The monoisotopic (exact) mass is 307 g/mol. The van der Waals surface area contributed by atoms with Crippen molar-refractivity contribution in [3.8, 4) is 0 Å². The number of nitro groups is 1. The number of halogens is 3. The Hall–Kier alpha value is -1.37.